The predicted octanol–water partition coefficient (Wildman–Crippen LogP) is 10.8. The van der Waals surface area contributed by atoms with Crippen LogP contribution in [0.2, 0.25) is 9.36 Å². The molecule has 0 spiro atoms. The Kier molecular flexibility index (Phi) is 6.04. The second kappa shape index (κ2) is 9.66. The fraction of sp³-hybridized carbons (Fsp3) is 0.200. The summed E-state index contributed by atoms with van der Waals surface area (Å²) < 4.78 is 8.84. The van der Waals surface area contributed by atoms with Crippen LogP contribution in [0, 0.1) is 0 Å². The molecular formula is C40H38HfN2. The van der Waals surface area contributed by atoms with Gasteiger partial charge in [-0.1, -0.05) is 0 Å². The molecular weight excluding hydrogens is 687 g/mol. The van der Waals surface area contributed by atoms with Crippen LogP contribution in [0.5, 0.6) is 0 Å². The second-order valence-electron chi connectivity index (χ2n) is 13.1. The van der Waals surface area contributed by atoms with Gasteiger partial charge in [0.05, 0.1) is 0 Å². The molecule has 4 aromatic rings. The molecule has 2 nitrogen and oxygen atoms in total. The zero-order valence-corrected chi connectivity index (χ0v) is 29.5. The van der Waals surface area contributed by atoms with Gasteiger partial charge in [-0.3, -0.25) is 0 Å². The molecule has 0 fully saturated rings. The third kappa shape index (κ3) is 3.61. The van der Waals surface area contributed by atoms with Crippen molar-refractivity contribution in [1.29, 1.82) is 0 Å². The molecule has 0 N–H and O–H groups in total. The van der Waals surface area contributed by atoms with Crippen molar-refractivity contribution in [2.24, 2.45) is 0 Å². The van der Waals surface area contributed by atoms with E-state index in [9.17, 15) is 0 Å². The van der Waals surface area contributed by atoms with Crippen LogP contribution in [0.25, 0.3) is 11.1 Å². The summed E-state index contributed by atoms with van der Waals surface area (Å²) in [6.45, 7) is 9.63. The number of hydrogen-bond acceptors (Lipinski definition) is 2. The second-order valence-corrected chi connectivity index (χ2v) is 28.3. The Labute approximate surface area is 260 Å². The molecule has 0 bridgehead atoms. The topological polar surface area (TPSA) is 6.48 Å². The Balaban J connectivity index is 1.38. The van der Waals surface area contributed by atoms with Gasteiger partial charge in [0.15, 0.2) is 0 Å². The van der Waals surface area contributed by atoms with Crippen molar-refractivity contribution in [1.82, 2.24) is 0 Å². The number of hydrogen-bond donors (Lipinski definition) is 0. The summed E-state index contributed by atoms with van der Waals surface area (Å²) in [5.74, 6) is 0. The first-order valence-corrected chi connectivity index (χ1v) is 26.3. The SMILES string of the molecule is CC1=C(C)C2C(=[C]1[Hf]([CH3])([CH3])[C]1=C3c4ccccc4N(c4ccccc4)C3C(C)=C1C)c1ccccc1N2c1ccccc1. The van der Waals surface area contributed by atoms with Crippen LogP contribution in [-0.4, -0.2) is 12.1 Å². The van der Waals surface area contributed by atoms with Gasteiger partial charge in [-0.25, -0.2) is 0 Å². The van der Waals surface area contributed by atoms with E-state index in [0.717, 1.165) is 0 Å². The first kappa shape index (κ1) is 26.9. The predicted molar refractivity (Wildman–Crippen MR) is 180 cm³/mol. The molecule has 2 unspecified atom stereocenters. The fourth-order valence-corrected chi connectivity index (χ4v) is 24.6. The summed E-state index contributed by atoms with van der Waals surface area (Å²) in [6.07, 6.45) is 0. The molecule has 4 aliphatic rings. The van der Waals surface area contributed by atoms with Crippen molar-refractivity contribution in [3.05, 3.63) is 149 Å². The number of fused-ring (bicyclic) bond motifs is 6. The molecule has 2 aliphatic carbocycles. The van der Waals surface area contributed by atoms with Gasteiger partial charge in [0.25, 0.3) is 0 Å². The molecule has 0 saturated carbocycles. The van der Waals surface area contributed by atoms with Crippen molar-refractivity contribution < 1.29 is 20.0 Å². The number of rotatable bonds is 4. The van der Waals surface area contributed by atoms with Crippen molar-refractivity contribution in [2.45, 2.75) is 49.1 Å². The van der Waals surface area contributed by atoms with Gasteiger partial charge in [-0.05, 0) is 0 Å². The van der Waals surface area contributed by atoms with Gasteiger partial charge in [0.1, 0.15) is 0 Å². The molecule has 8 rings (SSSR count). The molecule has 2 heterocycles. The number of nitrogens with zero attached hydrogens (tertiary/aromatic N) is 2. The van der Waals surface area contributed by atoms with E-state index in [4.69, 9.17) is 0 Å². The van der Waals surface area contributed by atoms with Crippen LogP contribution in [0.1, 0.15) is 38.8 Å². The third-order valence-electron chi connectivity index (χ3n) is 10.6. The normalized spacial score (nSPS) is 20.8. The Bertz CT molecular complexity index is 1800. The van der Waals surface area contributed by atoms with E-state index in [-0.39, 0.29) is 12.1 Å². The van der Waals surface area contributed by atoms with E-state index in [1.807, 2.05) is 0 Å². The summed E-state index contributed by atoms with van der Waals surface area (Å²) in [5, 5.41) is 0. The van der Waals surface area contributed by atoms with Gasteiger partial charge in [-0.15, -0.1) is 0 Å². The summed E-state index contributed by atoms with van der Waals surface area (Å²) in [5.41, 5.74) is 17.3. The minimum absolute atomic E-state index is 0.263. The van der Waals surface area contributed by atoms with Crippen LogP contribution >= 0.6 is 0 Å². The maximum atomic E-state index is 2.71. The Morgan fingerprint density at radius 2 is 0.814 bits per heavy atom. The molecule has 0 aromatic heterocycles. The van der Waals surface area contributed by atoms with Crippen LogP contribution in [0.4, 0.5) is 22.7 Å². The quantitative estimate of drug-likeness (QED) is 0.193. The number of allylic oxidation sites excluding steroid dienone is 4. The standard InChI is InChI=1S/2C19H16N.2CH3.Hf/c2*1-13-12-17-16-10-6-7-11-18(16)20(19(17)14(13)2)15-8-4-3-5-9-15;;;/h2*3-11,19H,1-2H3;2*1H3;. The average Bonchev–Trinajstić information content (AvgIpc) is 3.70. The Hall–Kier alpha value is -3.69. The van der Waals surface area contributed by atoms with Gasteiger partial charge in [0.2, 0.25) is 0 Å². The van der Waals surface area contributed by atoms with Gasteiger partial charge in [-0.2, -0.15) is 0 Å². The van der Waals surface area contributed by atoms with E-state index in [0.29, 0.717) is 0 Å². The van der Waals surface area contributed by atoms with E-state index in [1.54, 1.807) is 17.8 Å². The Morgan fingerprint density at radius 3 is 1.21 bits per heavy atom. The van der Waals surface area contributed by atoms with Crippen LogP contribution in [0.15, 0.2) is 138 Å². The van der Waals surface area contributed by atoms with Crippen LogP contribution < -0.4 is 9.80 Å². The molecule has 4 aromatic carbocycles. The third-order valence-corrected chi connectivity index (χ3v) is 24.2. The molecule has 3 heteroatoms. The van der Waals surface area contributed by atoms with Crippen LogP contribution in [0.3, 0.4) is 0 Å². The van der Waals surface area contributed by atoms with Gasteiger partial charge >= 0.3 is 262 Å². The average molecular weight is 725 g/mol. The molecule has 0 saturated heterocycles. The van der Waals surface area contributed by atoms with E-state index in [1.165, 1.54) is 56.2 Å². The van der Waals surface area contributed by atoms with E-state index >= 15 is 0 Å². The van der Waals surface area contributed by atoms with Gasteiger partial charge < -0.3 is 0 Å². The molecule has 0 amide bonds. The molecule has 2 atom stereocenters. The van der Waals surface area contributed by atoms with Crippen molar-refractivity contribution in [2.75, 3.05) is 9.80 Å². The zero-order chi connectivity index (χ0) is 29.6. The van der Waals surface area contributed by atoms with E-state index < -0.39 is 20.0 Å². The summed E-state index contributed by atoms with van der Waals surface area (Å²) in [4.78, 5) is 5.21. The van der Waals surface area contributed by atoms with Crippen molar-refractivity contribution in [3.63, 3.8) is 0 Å². The first-order valence-electron chi connectivity index (χ1n) is 15.5. The molecule has 43 heavy (non-hydrogen) atoms. The monoisotopic (exact) mass is 726 g/mol. The van der Waals surface area contributed by atoms with E-state index in [2.05, 4.69) is 156 Å². The number of anilines is 4. The molecule has 0 radical (unpaired) electrons. The van der Waals surface area contributed by atoms with Crippen molar-refractivity contribution in [3.8, 4) is 0 Å². The van der Waals surface area contributed by atoms with Crippen LogP contribution in [-0.2, 0) is 20.0 Å². The Morgan fingerprint density at radius 1 is 0.465 bits per heavy atom. The summed E-state index contributed by atoms with van der Waals surface area (Å²) in [7, 11) is 0. The minimum atomic E-state index is -3.44. The summed E-state index contributed by atoms with van der Waals surface area (Å²) >= 11 is -3.44. The first-order chi connectivity index (χ1) is 20.8. The fourth-order valence-electron chi connectivity index (χ4n) is 8.71. The number of para-hydroxylation sites is 4. The maximum absolute atomic E-state index is 3.44. The summed E-state index contributed by atoms with van der Waals surface area (Å²) in [6, 6.07) is 40.8. The van der Waals surface area contributed by atoms with Gasteiger partial charge in [0, 0.05) is 0 Å². The zero-order valence-electron chi connectivity index (χ0n) is 25.9. The molecule has 2 aliphatic heterocycles. The molecule has 212 valence electrons. The van der Waals surface area contributed by atoms with Crippen molar-refractivity contribution >= 4 is 33.9 Å². The number of benzene rings is 4.